The van der Waals surface area contributed by atoms with E-state index in [2.05, 4.69) is 21.2 Å². The average molecular weight is 380 g/mol. The Balaban J connectivity index is 1.87. The smallest absolute Gasteiger partial charge is 0.227 e. The van der Waals surface area contributed by atoms with E-state index in [1.165, 1.54) is 12.1 Å². The van der Waals surface area contributed by atoms with Gasteiger partial charge in [-0.15, -0.1) is 0 Å². The largest absolute Gasteiger partial charge is 0.508 e. The molecule has 23 heavy (non-hydrogen) atoms. The van der Waals surface area contributed by atoms with Crippen LogP contribution in [0.5, 0.6) is 17.2 Å². The van der Waals surface area contributed by atoms with Crippen molar-refractivity contribution < 1.29 is 19.4 Å². The molecule has 0 aliphatic rings. The van der Waals surface area contributed by atoms with Gasteiger partial charge in [-0.05, 0) is 37.3 Å². The average Bonchev–Trinajstić information content (AvgIpc) is 2.50. The Morgan fingerprint density at radius 1 is 1.22 bits per heavy atom. The van der Waals surface area contributed by atoms with Crippen LogP contribution in [0.3, 0.4) is 0 Å². The molecule has 0 saturated heterocycles. The van der Waals surface area contributed by atoms with Gasteiger partial charge < -0.3 is 19.9 Å². The summed E-state index contributed by atoms with van der Waals surface area (Å²) in [6.45, 7) is 2.55. The quantitative estimate of drug-likeness (QED) is 0.714. The molecular formula is C17H18BrNO4. The summed E-state index contributed by atoms with van der Waals surface area (Å²) in [7, 11) is 0. The molecule has 2 N–H and O–H groups in total. The van der Waals surface area contributed by atoms with Crippen molar-refractivity contribution in [1.82, 2.24) is 0 Å². The van der Waals surface area contributed by atoms with Crippen LogP contribution in [0, 0.1) is 0 Å². The summed E-state index contributed by atoms with van der Waals surface area (Å²) in [6, 6.07) is 12.0. The number of aromatic hydroxyl groups is 1. The molecule has 0 heterocycles. The number of hydrogen-bond donors (Lipinski definition) is 2. The molecule has 122 valence electrons. The summed E-state index contributed by atoms with van der Waals surface area (Å²) < 4.78 is 11.8. The number of halogens is 1. The lowest BCUT2D eigenvalue weighted by molar-refractivity contribution is -0.116. The summed E-state index contributed by atoms with van der Waals surface area (Å²) >= 11 is 3.36. The Bertz CT molecular complexity index is 675. The van der Waals surface area contributed by atoms with Gasteiger partial charge in [-0.2, -0.15) is 0 Å². The second-order valence-corrected chi connectivity index (χ2v) is 5.63. The van der Waals surface area contributed by atoms with E-state index in [0.29, 0.717) is 23.8 Å². The van der Waals surface area contributed by atoms with Crippen LogP contribution in [0.1, 0.15) is 13.3 Å². The fourth-order valence-electron chi connectivity index (χ4n) is 1.92. The zero-order valence-corrected chi connectivity index (χ0v) is 14.3. The predicted octanol–water partition coefficient (Wildman–Crippen LogP) is 3.96. The van der Waals surface area contributed by atoms with Crippen molar-refractivity contribution in [3.05, 3.63) is 46.9 Å². The first kappa shape index (κ1) is 17.1. The first-order valence-corrected chi connectivity index (χ1v) is 8.02. The van der Waals surface area contributed by atoms with Crippen molar-refractivity contribution in [1.29, 1.82) is 0 Å². The Labute approximate surface area is 143 Å². The van der Waals surface area contributed by atoms with Crippen LogP contribution >= 0.6 is 15.9 Å². The Kier molecular flexibility index (Phi) is 6.29. The van der Waals surface area contributed by atoms with E-state index in [0.717, 1.165) is 4.47 Å². The van der Waals surface area contributed by atoms with Gasteiger partial charge in [-0.25, -0.2) is 0 Å². The van der Waals surface area contributed by atoms with Crippen LogP contribution in [0.15, 0.2) is 46.9 Å². The lowest BCUT2D eigenvalue weighted by atomic mass is 10.2. The second-order valence-electron chi connectivity index (χ2n) is 4.72. The highest BCUT2D eigenvalue weighted by molar-refractivity contribution is 9.10. The van der Waals surface area contributed by atoms with E-state index in [-0.39, 0.29) is 24.7 Å². The number of carbonyl (C=O) groups is 1. The van der Waals surface area contributed by atoms with Crippen molar-refractivity contribution in [2.24, 2.45) is 0 Å². The normalized spacial score (nSPS) is 10.2. The zero-order chi connectivity index (χ0) is 16.7. The third kappa shape index (κ3) is 5.49. The molecule has 0 saturated carbocycles. The summed E-state index contributed by atoms with van der Waals surface area (Å²) in [6.07, 6.45) is 0.207. The molecule has 5 nitrogen and oxygen atoms in total. The molecule has 2 aromatic rings. The molecule has 0 aromatic heterocycles. The van der Waals surface area contributed by atoms with Crippen molar-refractivity contribution in [3.63, 3.8) is 0 Å². The van der Waals surface area contributed by atoms with E-state index < -0.39 is 0 Å². The minimum atomic E-state index is -0.188. The molecule has 0 radical (unpaired) electrons. The summed E-state index contributed by atoms with van der Waals surface area (Å²) in [4.78, 5) is 12.0. The maximum Gasteiger partial charge on any atom is 0.227 e. The fourth-order valence-corrected chi connectivity index (χ4v) is 2.30. The van der Waals surface area contributed by atoms with E-state index in [4.69, 9.17) is 9.47 Å². The van der Waals surface area contributed by atoms with E-state index in [9.17, 15) is 9.90 Å². The van der Waals surface area contributed by atoms with E-state index in [1.807, 2.05) is 31.2 Å². The number of benzene rings is 2. The minimum absolute atomic E-state index is 0.0874. The third-order valence-corrected chi connectivity index (χ3v) is 3.43. The number of ether oxygens (including phenoxy) is 2. The molecule has 0 bridgehead atoms. The van der Waals surface area contributed by atoms with Gasteiger partial charge in [-0.3, -0.25) is 4.79 Å². The van der Waals surface area contributed by atoms with Crippen LogP contribution in [-0.2, 0) is 4.79 Å². The number of carbonyl (C=O) groups excluding carboxylic acids is 1. The van der Waals surface area contributed by atoms with E-state index in [1.54, 1.807) is 6.07 Å². The van der Waals surface area contributed by atoms with Crippen LogP contribution in [0.25, 0.3) is 0 Å². The van der Waals surface area contributed by atoms with Gasteiger partial charge in [0.1, 0.15) is 17.2 Å². The van der Waals surface area contributed by atoms with Crippen LogP contribution < -0.4 is 14.8 Å². The molecule has 2 rings (SSSR count). The van der Waals surface area contributed by atoms with Crippen molar-refractivity contribution in [2.75, 3.05) is 18.5 Å². The molecule has 1 amide bonds. The Morgan fingerprint density at radius 3 is 2.78 bits per heavy atom. The van der Waals surface area contributed by atoms with Gasteiger partial charge in [0.2, 0.25) is 5.91 Å². The maximum atomic E-state index is 12.0. The number of anilines is 1. The van der Waals surface area contributed by atoms with Gasteiger partial charge in [0.15, 0.2) is 0 Å². The van der Waals surface area contributed by atoms with Gasteiger partial charge in [0, 0.05) is 10.5 Å². The molecule has 6 heteroatoms. The zero-order valence-electron chi connectivity index (χ0n) is 12.7. The number of nitrogens with one attached hydrogen (secondary N) is 1. The van der Waals surface area contributed by atoms with Gasteiger partial charge in [-0.1, -0.05) is 22.0 Å². The number of phenolic OH excluding ortho intramolecular Hbond substituents is 1. The standard InChI is InChI=1S/C17H18BrNO4/c1-2-22-16-11-13(20)6-7-15(16)19-17(21)8-9-23-14-5-3-4-12(18)10-14/h3-7,10-11,20H,2,8-9H2,1H3,(H,19,21). The van der Waals surface area contributed by atoms with Crippen LogP contribution in [0.2, 0.25) is 0 Å². The molecule has 0 aliphatic carbocycles. The molecule has 0 spiro atoms. The highest BCUT2D eigenvalue weighted by Crippen LogP contribution is 2.29. The van der Waals surface area contributed by atoms with Crippen LogP contribution in [0.4, 0.5) is 5.69 Å². The Hall–Kier alpha value is -2.21. The van der Waals surface area contributed by atoms with Crippen molar-refractivity contribution >= 4 is 27.5 Å². The van der Waals surface area contributed by atoms with Gasteiger partial charge in [0.25, 0.3) is 0 Å². The molecule has 0 aliphatic heterocycles. The first-order valence-electron chi connectivity index (χ1n) is 7.22. The molecule has 0 atom stereocenters. The van der Waals surface area contributed by atoms with Crippen molar-refractivity contribution in [3.8, 4) is 17.2 Å². The molecule has 2 aromatic carbocycles. The number of rotatable bonds is 7. The number of hydrogen-bond acceptors (Lipinski definition) is 4. The lowest BCUT2D eigenvalue weighted by Crippen LogP contribution is -2.16. The van der Waals surface area contributed by atoms with Gasteiger partial charge in [0.05, 0.1) is 25.3 Å². The molecular weight excluding hydrogens is 362 g/mol. The van der Waals surface area contributed by atoms with Gasteiger partial charge >= 0.3 is 0 Å². The van der Waals surface area contributed by atoms with Crippen molar-refractivity contribution in [2.45, 2.75) is 13.3 Å². The third-order valence-electron chi connectivity index (χ3n) is 2.93. The van der Waals surface area contributed by atoms with E-state index >= 15 is 0 Å². The predicted molar refractivity (Wildman–Crippen MR) is 92.2 cm³/mol. The highest BCUT2D eigenvalue weighted by Gasteiger charge is 2.09. The second kappa shape index (κ2) is 8.43. The SMILES string of the molecule is CCOc1cc(O)ccc1NC(=O)CCOc1cccc(Br)c1. The Morgan fingerprint density at radius 2 is 2.04 bits per heavy atom. The topological polar surface area (TPSA) is 67.8 Å². The van der Waals surface area contributed by atoms with Crippen LogP contribution in [-0.4, -0.2) is 24.2 Å². The highest BCUT2D eigenvalue weighted by atomic mass is 79.9. The summed E-state index contributed by atoms with van der Waals surface area (Å²) in [5.41, 5.74) is 0.525. The lowest BCUT2D eigenvalue weighted by Gasteiger charge is -2.12. The summed E-state index contributed by atoms with van der Waals surface area (Å²) in [5, 5.41) is 12.2. The fraction of sp³-hybridized carbons (Fsp3) is 0.235. The molecule has 0 unspecified atom stereocenters. The first-order chi connectivity index (χ1) is 11.1. The molecule has 0 fully saturated rings. The minimum Gasteiger partial charge on any atom is -0.508 e. The summed E-state index contributed by atoms with van der Waals surface area (Å²) in [5.74, 6) is 1.04. The number of phenols is 1. The maximum absolute atomic E-state index is 12.0. The monoisotopic (exact) mass is 379 g/mol. The number of amides is 1.